The maximum atomic E-state index is 6.24. The maximum Gasteiger partial charge on any atom is 0.238 e. The number of rotatable bonds is 11. The fourth-order valence-corrected chi connectivity index (χ4v) is 18.9. The van der Waals surface area contributed by atoms with E-state index in [0.717, 1.165) is 192 Å². The summed E-state index contributed by atoms with van der Waals surface area (Å²) in [5, 5.41) is 15.5. The topological polar surface area (TPSA) is 183 Å². The standard InChI is InChI=1S/C39H22N4O2.2C39H24N4O/c1-5-13-31-25(9-1)26-10-2-6-14-32(26)43(31)39-41-37(23-17-19-29-27-11-3-7-15-33(27)44-35(29)21-23)40-38(42-39)24-18-20-30-28-12-4-8-16-34(28)45-36(30)22-24;1-3-11-25(12-4-1)27-20-22-34-32(23-27)29-15-7-9-17-33(29)43(34)39-41-37(26-13-5-2-6-14-26)40-38(42-39)28-19-21-31-30-16-8-10-18-35(30)44-36(31)24-28;1-2-10-25(11-3-1)26-18-20-27(21-19-26)37-40-38(28-22-23-32-31-14-6-9-17-35(31)44-36(32)24-28)42-39(41-37)43-33-15-7-4-12-29(33)30-13-5-8-16-34(30)43/h1-22H;2*1-24H. The van der Waals surface area contributed by atoms with Crippen molar-refractivity contribution in [2.45, 2.75) is 0 Å². The summed E-state index contributed by atoms with van der Waals surface area (Å²) >= 11 is 0. The average molecular weight is 1710 g/mol. The van der Waals surface area contributed by atoms with Crippen LogP contribution >= 0.6 is 0 Å². The lowest BCUT2D eigenvalue weighted by molar-refractivity contribution is 0.668. The number of para-hydroxylation sites is 9. The monoisotopic (exact) mass is 1710 g/mol. The number of benzene rings is 18. The zero-order valence-electron chi connectivity index (χ0n) is 70.9. The summed E-state index contributed by atoms with van der Waals surface area (Å²) in [5.41, 5.74) is 22.8. The molecule has 0 spiro atoms. The van der Waals surface area contributed by atoms with Crippen molar-refractivity contribution in [2.75, 3.05) is 0 Å². The molecule has 622 valence electrons. The fourth-order valence-electron chi connectivity index (χ4n) is 18.9. The Balaban J connectivity index is 0.000000104. The Hall–Kier alpha value is -18.4. The highest BCUT2D eigenvalue weighted by molar-refractivity contribution is 6.14. The van der Waals surface area contributed by atoms with Crippen LogP contribution in [0.3, 0.4) is 0 Å². The second kappa shape index (κ2) is 31.3. The molecule has 0 radical (unpaired) electrons. The number of aromatic nitrogens is 12. The highest BCUT2D eigenvalue weighted by Crippen LogP contribution is 2.43. The number of furan rings is 4. The van der Waals surface area contributed by atoms with Crippen LogP contribution in [0, 0.1) is 0 Å². The summed E-state index contributed by atoms with van der Waals surface area (Å²) in [7, 11) is 0. The van der Waals surface area contributed by atoms with Gasteiger partial charge in [0.15, 0.2) is 34.9 Å². The van der Waals surface area contributed by atoms with Crippen LogP contribution in [0.1, 0.15) is 0 Å². The molecular weight excluding hydrogens is 1640 g/mol. The third-order valence-electron chi connectivity index (χ3n) is 25.2. The van der Waals surface area contributed by atoms with Crippen molar-refractivity contribution in [3.05, 3.63) is 425 Å². The summed E-state index contributed by atoms with van der Waals surface area (Å²) in [4.78, 5) is 45.6. The van der Waals surface area contributed by atoms with E-state index in [2.05, 4.69) is 287 Å². The molecule has 16 nitrogen and oxygen atoms in total. The highest BCUT2D eigenvalue weighted by Gasteiger charge is 2.25. The SMILES string of the molecule is c1ccc(-c2ccc(-c3nc(-c4ccc5c(c4)oc4ccccc45)nc(-n4c5ccccc5c5ccccc54)n3)cc2)cc1.c1ccc(-c2ccc3c(c2)c2ccccc2n3-c2nc(-c3ccccc3)nc(-c3ccc4c(c3)oc3ccccc34)n2)cc1.c1ccc2c(c1)oc1cc(-c3nc(-c4ccc5c(c4)oc4ccccc45)nc(-n4c5ccccc5c5ccccc54)n3)ccc12. The number of hydrogen-bond donors (Lipinski definition) is 0. The predicted octanol–water partition coefficient (Wildman–Crippen LogP) is 29.8. The first-order chi connectivity index (χ1) is 65.9. The third kappa shape index (κ3) is 13.2. The van der Waals surface area contributed by atoms with Gasteiger partial charge in [-0.15, -0.1) is 0 Å². The van der Waals surface area contributed by atoms with Crippen molar-refractivity contribution in [3.8, 4) is 108 Å². The lowest BCUT2D eigenvalue weighted by atomic mass is 10.0. The van der Waals surface area contributed by atoms with E-state index in [4.69, 9.17) is 62.5 Å². The summed E-state index contributed by atoms with van der Waals surface area (Å²) < 4.78 is 31.3. The van der Waals surface area contributed by atoms with E-state index in [1.54, 1.807) is 0 Å². The van der Waals surface area contributed by atoms with Crippen LogP contribution in [0.2, 0.25) is 0 Å². The van der Waals surface area contributed by atoms with E-state index >= 15 is 0 Å². The van der Waals surface area contributed by atoms with Gasteiger partial charge in [-0.25, -0.2) is 15.0 Å². The van der Waals surface area contributed by atoms with Crippen molar-refractivity contribution in [1.29, 1.82) is 0 Å². The molecule has 0 amide bonds. The van der Waals surface area contributed by atoms with Crippen LogP contribution in [-0.2, 0) is 0 Å². The van der Waals surface area contributed by atoms with Gasteiger partial charge < -0.3 is 17.7 Å². The maximum absolute atomic E-state index is 6.24. The van der Waals surface area contributed by atoms with Gasteiger partial charge in [0.2, 0.25) is 17.8 Å². The lowest BCUT2D eigenvalue weighted by Crippen LogP contribution is -2.06. The van der Waals surface area contributed by atoms with Crippen molar-refractivity contribution >= 4 is 153 Å². The van der Waals surface area contributed by atoms with Crippen LogP contribution in [0.25, 0.3) is 262 Å². The van der Waals surface area contributed by atoms with Crippen molar-refractivity contribution in [1.82, 2.24) is 58.6 Å². The zero-order chi connectivity index (χ0) is 87.6. The number of hydrogen-bond acceptors (Lipinski definition) is 13. The molecule has 0 N–H and O–H groups in total. The van der Waals surface area contributed by atoms with Gasteiger partial charge in [-0.05, 0) is 138 Å². The fraction of sp³-hybridized carbons (Fsp3) is 0. The van der Waals surface area contributed by atoms with Gasteiger partial charge in [0, 0.05) is 109 Å². The number of nitrogens with zero attached hydrogens (tertiary/aromatic N) is 12. The molecule has 10 aromatic heterocycles. The largest absolute Gasteiger partial charge is 0.456 e. The van der Waals surface area contributed by atoms with Gasteiger partial charge in [-0.2, -0.15) is 29.9 Å². The Kier molecular flexibility index (Phi) is 17.8. The zero-order valence-corrected chi connectivity index (χ0v) is 70.9. The molecule has 10 heterocycles. The van der Waals surface area contributed by atoms with Gasteiger partial charge in [0.05, 0.1) is 33.1 Å². The molecule has 0 aliphatic heterocycles. The van der Waals surface area contributed by atoms with Gasteiger partial charge in [-0.3, -0.25) is 13.7 Å². The first-order valence-corrected chi connectivity index (χ1v) is 44.1. The molecule has 28 aromatic rings. The third-order valence-corrected chi connectivity index (χ3v) is 25.2. The summed E-state index contributed by atoms with van der Waals surface area (Å²) in [6.07, 6.45) is 0. The Morgan fingerprint density at radius 1 is 0.128 bits per heavy atom. The molecular formula is C117H70N12O4. The summed E-state index contributed by atoms with van der Waals surface area (Å²) in [5.74, 6) is 5.19. The van der Waals surface area contributed by atoms with Crippen LogP contribution in [-0.4, -0.2) is 58.6 Å². The molecule has 0 unspecified atom stereocenters. The molecule has 0 saturated carbocycles. The second-order valence-electron chi connectivity index (χ2n) is 33.1. The minimum Gasteiger partial charge on any atom is -0.456 e. The Labute approximate surface area is 757 Å². The molecule has 133 heavy (non-hydrogen) atoms. The molecule has 0 atom stereocenters. The molecule has 0 bridgehead atoms. The Morgan fingerprint density at radius 2 is 0.331 bits per heavy atom. The van der Waals surface area contributed by atoms with E-state index in [0.29, 0.717) is 52.8 Å². The quantitative estimate of drug-likeness (QED) is 0.119. The molecule has 28 rings (SSSR count). The molecule has 0 aliphatic rings. The smallest absolute Gasteiger partial charge is 0.238 e. The first kappa shape index (κ1) is 75.9. The van der Waals surface area contributed by atoms with Gasteiger partial charge >= 0.3 is 0 Å². The Bertz CT molecular complexity index is 9260. The van der Waals surface area contributed by atoms with Crippen LogP contribution < -0.4 is 0 Å². The average Bonchev–Trinajstić information content (AvgIpc) is 1.59. The minimum absolute atomic E-state index is 0.543. The Morgan fingerprint density at radius 3 is 0.647 bits per heavy atom. The van der Waals surface area contributed by atoms with E-state index < -0.39 is 0 Å². The summed E-state index contributed by atoms with van der Waals surface area (Å²) in [6.45, 7) is 0. The molecule has 0 fully saturated rings. The minimum atomic E-state index is 0.543. The summed E-state index contributed by atoms with van der Waals surface area (Å²) in [6, 6.07) is 145. The van der Waals surface area contributed by atoms with Crippen LogP contribution in [0.5, 0.6) is 0 Å². The molecule has 0 saturated heterocycles. The lowest BCUT2D eigenvalue weighted by Gasteiger charge is -2.11. The normalized spacial score (nSPS) is 11.8. The van der Waals surface area contributed by atoms with E-state index in [1.165, 1.54) is 16.7 Å². The van der Waals surface area contributed by atoms with E-state index in [1.807, 2.05) is 152 Å². The van der Waals surface area contributed by atoms with Crippen LogP contribution in [0.4, 0.5) is 0 Å². The van der Waals surface area contributed by atoms with Crippen LogP contribution in [0.15, 0.2) is 442 Å². The molecule has 0 aliphatic carbocycles. The van der Waals surface area contributed by atoms with Crippen molar-refractivity contribution in [2.24, 2.45) is 0 Å². The number of fused-ring (bicyclic) bond motifs is 21. The van der Waals surface area contributed by atoms with Gasteiger partial charge in [-0.1, -0.05) is 309 Å². The second-order valence-corrected chi connectivity index (χ2v) is 33.1. The first-order valence-electron chi connectivity index (χ1n) is 44.1. The van der Waals surface area contributed by atoms with E-state index in [9.17, 15) is 0 Å². The van der Waals surface area contributed by atoms with E-state index in [-0.39, 0.29) is 0 Å². The highest BCUT2D eigenvalue weighted by atomic mass is 16.3. The van der Waals surface area contributed by atoms with Gasteiger partial charge in [0.1, 0.15) is 44.7 Å². The molecule has 16 heteroatoms. The van der Waals surface area contributed by atoms with Gasteiger partial charge in [0.25, 0.3) is 0 Å². The van der Waals surface area contributed by atoms with Crippen molar-refractivity contribution < 1.29 is 17.7 Å². The molecule has 18 aromatic carbocycles. The van der Waals surface area contributed by atoms with Crippen molar-refractivity contribution in [3.63, 3.8) is 0 Å². The predicted molar refractivity (Wildman–Crippen MR) is 535 cm³/mol.